The van der Waals surface area contributed by atoms with Crippen LogP contribution in [0.1, 0.15) is 32.5 Å². The van der Waals surface area contributed by atoms with Crippen LogP contribution in [0.25, 0.3) is 10.1 Å². The molecule has 0 bridgehead atoms. The number of anilines is 1. The highest BCUT2D eigenvalue weighted by Crippen LogP contribution is 2.41. The Kier molecular flexibility index (Phi) is 5.61. The van der Waals surface area contributed by atoms with Gasteiger partial charge < -0.3 is 15.2 Å². The number of hydrogen-bond acceptors (Lipinski definition) is 5. The fourth-order valence-corrected chi connectivity index (χ4v) is 4.27. The number of ether oxygens (including phenoxy) is 1. The van der Waals surface area contributed by atoms with Crippen LogP contribution in [0.15, 0.2) is 29.0 Å². The fraction of sp³-hybridized carbons (Fsp3) is 0.222. The molecule has 0 saturated heterocycles. The van der Waals surface area contributed by atoms with Crippen molar-refractivity contribution in [2.45, 2.75) is 19.5 Å². The number of carboxylic acids is 1. The number of amides is 1. The molecule has 0 unspecified atom stereocenters. The molecule has 0 atom stereocenters. The summed E-state index contributed by atoms with van der Waals surface area (Å²) in [5.41, 5.74) is 1.59. The molecular formula is C18H14F3NO4S2. The molecule has 0 fully saturated rings. The highest BCUT2D eigenvalue weighted by molar-refractivity contribution is 7.21. The topological polar surface area (TPSA) is 75.6 Å². The van der Waals surface area contributed by atoms with Gasteiger partial charge in [0.25, 0.3) is 5.91 Å². The summed E-state index contributed by atoms with van der Waals surface area (Å²) in [4.78, 5) is 23.5. The van der Waals surface area contributed by atoms with Gasteiger partial charge in [0.05, 0.1) is 5.56 Å². The Morgan fingerprint density at radius 3 is 2.61 bits per heavy atom. The number of carboxylic acid groups (broad SMARTS) is 1. The number of aryl methyl sites for hydroxylation is 1. The lowest BCUT2D eigenvalue weighted by Gasteiger charge is -2.12. The Balaban J connectivity index is 2.06. The van der Waals surface area contributed by atoms with E-state index in [4.69, 9.17) is 4.74 Å². The van der Waals surface area contributed by atoms with Gasteiger partial charge >= 0.3 is 12.1 Å². The van der Waals surface area contributed by atoms with Gasteiger partial charge in [-0.2, -0.15) is 24.5 Å². The van der Waals surface area contributed by atoms with Crippen molar-refractivity contribution in [1.29, 1.82) is 0 Å². The van der Waals surface area contributed by atoms with Crippen LogP contribution in [0, 0.1) is 0 Å². The highest BCUT2D eigenvalue weighted by atomic mass is 32.1. The van der Waals surface area contributed by atoms with Crippen molar-refractivity contribution in [3.05, 3.63) is 45.0 Å². The molecule has 28 heavy (non-hydrogen) atoms. The number of nitrogens with one attached hydrogen (secondary N) is 1. The number of aromatic carboxylic acids is 1. The average molecular weight is 429 g/mol. The van der Waals surface area contributed by atoms with Crippen LogP contribution in [-0.2, 0) is 6.42 Å². The van der Waals surface area contributed by atoms with Gasteiger partial charge in [0, 0.05) is 21.2 Å². The predicted molar refractivity (Wildman–Crippen MR) is 102 cm³/mol. The summed E-state index contributed by atoms with van der Waals surface area (Å²) in [5, 5.41) is 15.7. The first kappa shape index (κ1) is 20.2. The number of halogens is 3. The summed E-state index contributed by atoms with van der Waals surface area (Å²) in [7, 11) is 0. The van der Waals surface area contributed by atoms with Crippen LogP contribution in [0.5, 0.6) is 5.75 Å². The molecule has 1 amide bonds. The van der Waals surface area contributed by atoms with Crippen molar-refractivity contribution in [3.8, 4) is 5.75 Å². The molecule has 0 spiro atoms. The maximum absolute atomic E-state index is 12.6. The van der Waals surface area contributed by atoms with E-state index in [9.17, 15) is 27.9 Å². The number of hydrogen-bond donors (Lipinski definition) is 2. The minimum atomic E-state index is -4.61. The third-order valence-corrected chi connectivity index (χ3v) is 5.66. The second-order valence-electron chi connectivity index (χ2n) is 5.79. The second-order valence-corrected chi connectivity index (χ2v) is 7.63. The van der Waals surface area contributed by atoms with Gasteiger partial charge in [0.1, 0.15) is 0 Å². The zero-order chi connectivity index (χ0) is 20.5. The molecule has 3 aromatic rings. The number of rotatable bonds is 6. The van der Waals surface area contributed by atoms with Gasteiger partial charge in [-0.3, -0.25) is 4.79 Å². The van der Waals surface area contributed by atoms with Crippen molar-refractivity contribution < 1.29 is 32.6 Å². The first-order valence-electron chi connectivity index (χ1n) is 8.05. The third-order valence-electron chi connectivity index (χ3n) is 3.86. The number of alkyl halides is 3. The molecule has 0 radical (unpaired) electrons. The third kappa shape index (κ3) is 4.28. The second kappa shape index (κ2) is 7.80. The standard InChI is InChI=1S/C18H14F3NO4S2/c1-2-9-5-13-11(6-12(9)22-16(23)10-3-4-27-7-10)14(15(28-13)17(24)25)26-8-18(19,20)21/h3-7H,2,8H2,1H3,(H,22,23)(H,24,25). The number of carbonyl (C=O) groups excluding carboxylic acids is 1. The first-order chi connectivity index (χ1) is 13.2. The molecule has 10 heteroatoms. The van der Waals surface area contributed by atoms with Crippen LogP contribution >= 0.6 is 22.7 Å². The van der Waals surface area contributed by atoms with E-state index in [-0.39, 0.29) is 21.9 Å². The van der Waals surface area contributed by atoms with E-state index in [0.29, 0.717) is 22.4 Å². The lowest BCUT2D eigenvalue weighted by molar-refractivity contribution is -0.153. The van der Waals surface area contributed by atoms with Crippen LogP contribution in [0.3, 0.4) is 0 Å². The first-order valence-corrected chi connectivity index (χ1v) is 9.81. The van der Waals surface area contributed by atoms with Crippen molar-refractivity contribution >= 4 is 50.3 Å². The zero-order valence-electron chi connectivity index (χ0n) is 14.4. The molecule has 5 nitrogen and oxygen atoms in total. The summed E-state index contributed by atoms with van der Waals surface area (Å²) in [6.07, 6.45) is -4.07. The van der Waals surface area contributed by atoms with Crippen molar-refractivity contribution in [3.63, 3.8) is 0 Å². The van der Waals surface area contributed by atoms with Gasteiger partial charge in [0.15, 0.2) is 17.2 Å². The summed E-state index contributed by atoms with van der Waals surface area (Å²) < 4.78 is 43.0. The van der Waals surface area contributed by atoms with Gasteiger partial charge in [-0.25, -0.2) is 4.79 Å². The monoisotopic (exact) mass is 429 g/mol. The summed E-state index contributed by atoms with van der Waals surface area (Å²) >= 11 is 2.19. The van der Waals surface area contributed by atoms with Crippen molar-refractivity contribution in [1.82, 2.24) is 0 Å². The van der Waals surface area contributed by atoms with Crippen LogP contribution in [0.4, 0.5) is 18.9 Å². The largest absolute Gasteiger partial charge is 0.482 e. The zero-order valence-corrected chi connectivity index (χ0v) is 16.1. The molecule has 1 aromatic carbocycles. The molecule has 0 aliphatic carbocycles. The van der Waals surface area contributed by atoms with Gasteiger partial charge in [-0.15, -0.1) is 11.3 Å². The Morgan fingerprint density at radius 2 is 2.04 bits per heavy atom. The van der Waals surface area contributed by atoms with Crippen LogP contribution in [-0.4, -0.2) is 29.8 Å². The number of benzene rings is 1. The molecule has 0 saturated carbocycles. The van der Waals surface area contributed by atoms with Gasteiger partial charge in [0.2, 0.25) is 0 Å². The maximum atomic E-state index is 12.6. The Hall–Kier alpha value is -2.59. The molecule has 0 aliphatic heterocycles. The maximum Gasteiger partial charge on any atom is 0.422 e. The summed E-state index contributed by atoms with van der Waals surface area (Å²) in [6.45, 7) is 0.249. The molecule has 2 N–H and O–H groups in total. The summed E-state index contributed by atoms with van der Waals surface area (Å²) in [5.74, 6) is -2.08. The fourth-order valence-electron chi connectivity index (χ4n) is 2.60. The number of fused-ring (bicyclic) bond motifs is 1. The molecular weight excluding hydrogens is 415 g/mol. The minimum absolute atomic E-state index is 0.212. The normalized spacial score (nSPS) is 11.6. The van der Waals surface area contributed by atoms with Crippen LogP contribution in [0.2, 0.25) is 0 Å². The van der Waals surface area contributed by atoms with E-state index < -0.39 is 18.8 Å². The molecule has 2 heterocycles. The highest BCUT2D eigenvalue weighted by Gasteiger charge is 2.31. The SMILES string of the molecule is CCc1cc2sc(C(=O)O)c(OCC(F)(F)F)c2cc1NC(=O)c1ccsc1. The van der Waals surface area contributed by atoms with E-state index in [1.54, 1.807) is 22.9 Å². The lowest BCUT2D eigenvalue weighted by Crippen LogP contribution is -2.19. The van der Waals surface area contributed by atoms with Crippen molar-refractivity contribution in [2.24, 2.45) is 0 Å². The smallest absolute Gasteiger partial charge is 0.422 e. The summed E-state index contributed by atoms with van der Waals surface area (Å²) in [6, 6.07) is 4.78. The average Bonchev–Trinajstić information content (AvgIpc) is 3.26. The van der Waals surface area contributed by atoms with Crippen LogP contribution < -0.4 is 10.1 Å². The van der Waals surface area contributed by atoms with E-state index in [2.05, 4.69) is 5.32 Å². The van der Waals surface area contributed by atoms with Gasteiger partial charge in [-0.05, 0) is 35.6 Å². The number of thiophene rings is 2. The Labute approximate surface area is 165 Å². The van der Waals surface area contributed by atoms with E-state index in [0.717, 1.165) is 16.9 Å². The molecule has 3 rings (SSSR count). The van der Waals surface area contributed by atoms with E-state index >= 15 is 0 Å². The molecule has 148 valence electrons. The Bertz CT molecular complexity index is 1030. The van der Waals surface area contributed by atoms with Gasteiger partial charge in [-0.1, -0.05) is 6.92 Å². The minimum Gasteiger partial charge on any atom is -0.482 e. The molecule has 0 aliphatic rings. The van der Waals surface area contributed by atoms with E-state index in [1.807, 2.05) is 6.92 Å². The quantitative estimate of drug-likeness (QED) is 0.549. The molecule has 2 aromatic heterocycles. The predicted octanol–water partition coefficient (Wildman–Crippen LogP) is 5.42. The lowest BCUT2D eigenvalue weighted by atomic mass is 10.1. The number of carbonyl (C=O) groups is 2. The van der Waals surface area contributed by atoms with E-state index in [1.165, 1.54) is 17.4 Å². The Morgan fingerprint density at radius 1 is 1.29 bits per heavy atom. The van der Waals surface area contributed by atoms with Crippen molar-refractivity contribution in [2.75, 3.05) is 11.9 Å².